The molecule has 0 bridgehead atoms. The monoisotopic (exact) mass is 415 g/mol. The highest BCUT2D eigenvalue weighted by Crippen LogP contribution is 2.28. The zero-order valence-electron chi connectivity index (χ0n) is 17.2. The maximum atomic E-state index is 12.5. The summed E-state index contributed by atoms with van der Waals surface area (Å²) in [6.07, 6.45) is 0.198. The van der Waals surface area contributed by atoms with Crippen molar-refractivity contribution >= 4 is 11.6 Å². The first-order chi connectivity index (χ1) is 15.2. The van der Waals surface area contributed by atoms with Gasteiger partial charge < -0.3 is 19.2 Å². The maximum Gasteiger partial charge on any atom is 0.248 e. The topological polar surface area (TPSA) is 86.5 Å². The summed E-state index contributed by atoms with van der Waals surface area (Å²) in [7, 11) is 3.14. The van der Waals surface area contributed by atoms with Crippen LogP contribution in [-0.4, -0.2) is 30.3 Å². The third kappa shape index (κ3) is 4.72. The minimum absolute atomic E-state index is 0.153. The molecule has 4 rings (SSSR count). The molecule has 0 atom stereocenters. The second-order valence-corrected chi connectivity index (χ2v) is 6.77. The molecule has 1 heterocycles. The predicted molar refractivity (Wildman–Crippen MR) is 117 cm³/mol. The fourth-order valence-electron chi connectivity index (χ4n) is 3.15. The molecule has 0 saturated carbocycles. The lowest BCUT2D eigenvalue weighted by Gasteiger charge is -2.10. The fraction of sp³-hybridized carbons (Fsp3) is 0.125. The molecule has 1 N–H and O–H groups in total. The van der Waals surface area contributed by atoms with E-state index in [9.17, 15) is 4.79 Å². The summed E-state index contributed by atoms with van der Waals surface area (Å²) in [5.74, 6) is 1.88. The minimum Gasteiger partial charge on any atom is -0.493 e. The van der Waals surface area contributed by atoms with E-state index < -0.39 is 0 Å². The van der Waals surface area contributed by atoms with Gasteiger partial charge in [-0.1, -0.05) is 30.3 Å². The van der Waals surface area contributed by atoms with Gasteiger partial charge in [-0.15, -0.1) is 10.2 Å². The molecule has 0 unspecified atom stereocenters. The van der Waals surface area contributed by atoms with Crippen LogP contribution in [0.25, 0.3) is 22.9 Å². The second kappa shape index (κ2) is 9.13. The minimum atomic E-state index is -0.153. The summed E-state index contributed by atoms with van der Waals surface area (Å²) in [4.78, 5) is 12.5. The lowest BCUT2D eigenvalue weighted by molar-refractivity contribution is -0.115. The molecule has 156 valence electrons. The van der Waals surface area contributed by atoms with Crippen molar-refractivity contribution in [3.05, 3.63) is 78.4 Å². The molecule has 0 aliphatic carbocycles. The van der Waals surface area contributed by atoms with E-state index in [0.29, 0.717) is 29.0 Å². The van der Waals surface area contributed by atoms with Crippen molar-refractivity contribution in [3.8, 4) is 34.4 Å². The van der Waals surface area contributed by atoms with Gasteiger partial charge in [0, 0.05) is 16.8 Å². The molecule has 3 aromatic carbocycles. The number of anilines is 1. The summed E-state index contributed by atoms with van der Waals surface area (Å²) in [5.41, 5.74) is 3.03. The first-order valence-corrected chi connectivity index (χ1v) is 9.66. The predicted octanol–water partition coefficient (Wildman–Crippen LogP) is 4.60. The van der Waals surface area contributed by atoms with Gasteiger partial charge in [0.1, 0.15) is 0 Å². The van der Waals surface area contributed by atoms with Crippen LogP contribution in [0.5, 0.6) is 11.5 Å². The third-order valence-corrected chi connectivity index (χ3v) is 4.65. The van der Waals surface area contributed by atoms with Crippen LogP contribution < -0.4 is 14.8 Å². The van der Waals surface area contributed by atoms with Crippen LogP contribution in [0.1, 0.15) is 5.56 Å². The van der Waals surface area contributed by atoms with Gasteiger partial charge in [-0.05, 0) is 48.0 Å². The number of aromatic nitrogens is 2. The molecule has 7 nitrogen and oxygen atoms in total. The maximum absolute atomic E-state index is 12.5. The summed E-state index contributed by atoms with van der Waals surface area (Å²) in [5, 5.41) is 11.1. The number of carbonyl (C=O) groups excluding carboxylic acids is 1. The molecule has 0 radical (unpaired) electrons. The molecule has 0 saturated heterocycles. The van der Waals surface area contributed by atoms with Gasteiger partial charge in [-0.25, -0.2) is 0 Å². The second-order valence-electron chi connectivity index (χ2n) is 6.77. The Kier molecular flexibility index (Phi) is 5.93. The zero-order valence-corrected chi connectivity index (χ0v) is 17.2. The summed E-state index contributed by atoms with van der Waals surface area (Å²) in [6.45, 7) is 0. The Morgan fingerprint density at radius 2 is 1.55 bits per heavy atom. The molecule has 31 heavy (non-hydrogen) atoms. The Morgan fingerprint density at radius 3 is 2.29 bits per heavy atom. The normalized spacial score (nSPS) is 10.5. The Labute approximate surface area is 179 Å². The number of nitrogens with one attached hydrogen (secondary N) is 1. The third-order valence-electron chi connectivity index (χ3n) is 4.65. The van der Waals surface area contributed by atoms with E-state index >= 15 is 0 Å². The van der Waals surface area contributed by atoms with E-state index in [0.717, 1.165) is 16.7 Å². The number of ether oxygens (including phenoxy) is 2. The Bertz CT molecular complexity index is 1190. The highest BCUT2D eigenvalue weighted by Gasteiger charge is 2.12. The lowest BCUT2D eigenvalue weighted by atomic mass is 10.1. The highest BCUT2D eigenvalue weighted by molar-refractivity contribution is 5.92. The van der Waals surface area contributed by atoms with Crippen LogP contribution in [0.3, 0.4) is 0 Å². The van der Waals surface area contributed by atoms with Gasteiger partial charge in [-0.3, -0.25) is 4.79 Å². The lowest BCUT2D eigenvalue weighted by Crippen LogP contribution is -2.14. The van der Waals surface area contributed by atoms with Crippen molar-refractivity contribution in [3.63, 3.8) is 0 Å². The van der Waals surface area contributed by atoms with Crippen LogP contribution >= 0.6 is 0 Å². The van der Waals surface area contributed by atoms with Gasteiger partial charge in [-0.2, -0.15) is 0 Å². The largest absolute Gasteiger partial charge is 0.493 e. The van der Waals surface area contributed by atoms with Crippen molar-refractivity contribution in [2.24, 2.45) is 0 Å². The SMILES string of the molecule is COc1ccc(CC(=O)Nc2cccc(-c3nnc(-c4ccccc4)o3)c2)cc1OC. The summed E-state index contributed by atoms with van der Waals surface area (Å²) < 4.78 is 16.3. The number of amides is 1. The highest BCUT2D eigenvalue weighted by atomic mass is 16.5. The van der Waals surface area contributed by atoms with E-state index in [-0.39, 0.29) is 12.3 Å². The number of hydrogen-bond donors (Lipinski definition) is 1. The fourth-order valence-corrected chi connectivity index (χ4v) is 3.15. The van der Waals surface area contributed by atoms with E-state index in [4.69, 9.17) is 13.9 Å². The number of hydrogen-bond acceptors (Lipinski definition) is 6. The molecule has 0 aliphatic heterocycles. The standard InChI is InChI=1S/C24H21N3O4/c1-29-20-12-11-16(13-21(20)30-2)14-22(28)25-19-10-6-9-18(15-19)24-27-26-23(31-24)17-7-4-3-5-8-17/h3-13,15H,14H2,1-2H3,(H,25,28). The Balaban J connectivity index is 1.46. The van der Waals surface area contributed by atoms with E-state index in [1.54, 1.807) is 32.4 Å². The molecule has 4 aromatic rings. The molecule has 1 aromatic heterocycles. The van der Waals surface area contributed by atoms with Crippen LogP contribution in [0.15, 0.2) is 77.2 Å². The summed E-state index contributed by atoms with van der Waals surface area (Å²) >= 11 is 0. The van der Waals surface area contributed by atoms with Crippen LogP contribution in [0.2, 0.25) is 0 Å². The number of carbonyl (C=O) groups is 1. The molecular formula is C24H21N3O4. The molecule has 7 heteroatoms. The van der Waals surface area contributed by atoms with E-state index in [1.807, 2.05) is 54.6 Å². The van der Waals surface area contributed by atoms with E-state index in [2.05, 4.69) is 15.5 Å². The number of benzene rings is 3. The van der Waals surface area contributed by atoms with Gasteiger partial charge in [0.25, 0.3) is 0 Å². The van der Waals surface area contributed by atoms with Gasteiger partial charge in [0.2, 0.25) is 17.7 Å². The number of rotatable bonds is 7. The smallest absolute Gasteiger partial charge is 0.248 e. The zero-order chi connectivity index (χ0) is 21.6. The van der Waals surface area contributed by atoms with Crippen LogP contribution in [0, 0.1) is 0 Å². The van der Waals surface area contributed by atoms with Crippen molar-refractivity contribution in [1.29, 1.82) is 0 Å². The number of methoxy groups -OCH3 is 2. The average Bonchev–Trinajstić information content (AvgIpc) is 3.30. The molecule has 0 fully saturated rings. The summed E-state index contributed by atoms with van der Waals surface area (Å²) in [6, 6.07) is 22.3. The van der Waals surface area contributed by atoms with E-state index in [1.165, 1.54) is 0 Å². The van der Waals surface area contributed by atoms with Gasteiger partial charge in [0.05, 0.1) is 20.6 Å². The molecular weight excluding hydrogens is 394 g/mol. The first-order valence-electron chi connectivity index (χ1n) is 9.66. The quantitative estimate of drug-likeness (QED) is 0.475. The first kappa shape index (κ1) is 20.2. The molecule has 0 spiro atoms. The van der Waals surface area contributed by atoms with Crippen molar-refractivity contribution in [2.75, 3.05) is 19.5 Å². The average molecular weight is 415 g/mol. The molecule has 1 amide bonds. The molecule has 0 aliphatic rings. The van der Waals surface area contributed by atoms with Crippen molar-refractivity contribution in [1.82, 2.24) is 10.2 Å². The van der Waals surface area contributed by atoms with Crippen molar-refractivity contribution in [2.45, 2.75) is 6.42 Å². The van der Waals surface area contributed by atoms with Crippen LogP contribution in [0.4, 0.5) is 5.69 Å². The van der Waals surface area contributed by atoms with Crippen molar-refractivity contribution < 1.29 is 18.7 Å². The Morgan fingerprint density at radius 1 is 0.839 bits per heavy atom. The van der Waals surface area contributed by atoms with Crippen LogP contribution in [-0.2, 0) is 11.2 Å². The Hall–Kier alpha value is -4.13. The van der Waals surface area contributed by atoms with Gasteiger partial charge in [0.15, 0.2) is 11.5 Å². The van der Waals surface area contributed by atoms with Gasteiger partial charge >= 0.3 is 0 Å². The number of nitrogens with zero attached hydrogens (tertiary/aromatic N) is 2.